The van der Waals surface area contributed by atoms with Crippen LogP contribution in [0.2, 0.25) is 0 Å². The van der Waals surface area contributed by atoms with E-state index in [1.165, 1.54) is 0 Å². The molecule has 0 amide bonds. The van der Waals surface area contributed by atoms with Crippen molar-refractivity contribution in [3.8, 4) is 0 Å². The zero-order chi connectivity index (χ0) is 11.1. The van der Waals surface area contributed by atoms with Crippen LogP contribution < -0.4 is 5.46 Å². The third kappa shape index (κ3) is 4.47. The minimum Gasteiger partial charge on any atom is -0.423 e. The van der Waals surface area contributed by atoms with Crippen LogP contribution in [0.4, 0.5) is 0 Å². The van der Waals surface area contributed by atoms with Crippen molar-refractivity contribution in [2.24, 2.45) is 0 Å². The van der Waals surface area contributed by atoms with Gasteiger partial charge in [-0.25, -0.2) is 0 Å². The standard InChI is InChI=1S/C11H17BO3/c1-2-15-8-4-6-10-5-3-7-11(9-10)12(13)14/h3,5,7,9,13-14H,2,4,6,8H2,1H3. The van der Waals surface area contributed by atoms with Crippen molar-refractivity contribution in [1.29, 1.82) is 0 Å². The Kier molecular flexibility index (Phi) is 5.39. The monoisotopic (exact) mass is 208 g/mol. The zero-order valence-electron chi connectivity index (χ0n) is 9.02. The lowest BCUT2D eigenvalue weighted by atomic mass is 9.79. The first-order valence-corrected chi connectivity index (χ1v) is 5.26. The van der Waals surface area contributed by atoms with Crippen LogP contribution in [0.1, 0.15) is 18.9 Å². The van der Waals surface area contributed by atoms with Gasteiger partial charge in [-0.2, -0.15) is 0 Å². The van der Waals surface area contributed by atoms with E-state index in [9.17, 15) is 0 Å². The van der Waals surface area contributed by atoms with Crippen LogP contribution in [0.15, 0.2) is 24.3 Å². The van der Waals surface area contributed by atoms with Gasteiger partial charge in [0.15, 0.2) is 0 Å². The van der Waals surface area contributed by atoms with Gasteiger partial charge in [-0.05, 0) is 30.8 Å². The van der Waals surface area contributed by atoms with Gasteiger partial charge in [0.05, 0.1) is 0 Å². The van der Waals surface area contributed by atoms with E-state index in [-0.39, 0.29) is 0 Å². The molecule has 0 saturated heterocycles. The van der Waals surface area contributed by atoms with Crippen LogP contribution in [0.3, 0.4) is 0 Å². The molecule has 0 aliphatic heterocycles. The van der Waals surface area contributed by atoms with E-state index < -0.39 is 7.12 Å². The second kappa shape index (κ2) is 6.61. The summed E-state index contributed by atoms with van der Waals surface area (Å²) in [5.74, 6) is 0. The molecule has 0 radical (unpaired) electrons. The topological polar surface area (TPSA) is 49.7 Å². The van der Waals surface area contributed by atoms with Crippen molar-refractivity contribution in [3.63, 3.8) is 0 Å². The molecule has 4 heteroatoms. The third-order valence-corrected chi connectivity index (χ3v) is 2.21. The molecule has 2 N–H and O–H groups in total. The maximum Gasteiger partial charge on any atom is 0.488 e. The summed E-state index contributed by atoms with van der Waals surface area (Å²) in [7, 11) is -1.38. The summed E-state index contributed by atoms with van der Waals surface area (Å²) in [5.41, 5.74) is 1.66. The maximum absolute atomic E-state index is 8.99. The fraction of sp³-hybridized carbons (Fsp3) is 0.455. The van der Waals surface area contributed by atoms with Gasteiger partial charge in [0, 0.05) is 13.2 Å². The van der Waals surface area contributed by atoms with Crippen molar-refractivity contribution in [3.05, 3.63) is 29.8 Å². The summed E-state index contributed by atoms with van der Waals surface area (Å²) in [5, 5.41) is 18.0. The number of benzene rings is 1. The summed E-state index contributed by atoms with van der Waals surface area (Å²) < 4.78 is 5.23. The highest BCUT2D eigenvalue weighted by Gasteiger charge is 2.10. The molecule has 1 aromatic rings. The van der Waals surface area contributed by atoms with Crippen LogP contribution in [0, 0.1) is 0 Å². The predicted molar refractivity (Wildman–Crippen MR) is 61.1 cm³/mol. The Hall–Kier alpha value is -0.835. The first-order chi connectivity index (χ1) is 7.24. The Morgan fingerprint density at radius 3 is 2.80 bits per heavy atom. The first kappa shape index (κ1) is 12.2. The van der Waals surface area contributed by atoms with Gasteiger partial charge in [0.2, 0.25) is 0 Å². The Morgan fingerprint density at radius 1 is 1.33 bits per heavy atom. The molecule has 1 aromatic carbocycles. The quantitative estimate of drug-likeness (QED) is 0.523. The van der Waals surface area contributed by atoms with Gasteiger partial charge in [0.25, 0.3) is 0 Å². The number of ether oxygens (including phenoxy) is 1. The number of rotatable bonds is 6. The van der Waals surface area contributed by atoms with Crippen LogP contribution in [0.5, 0.6) is 0 Å². The predicted octanol–water partition coefficient (Wildman–Crippen LogP) is 0.335. The van der Waals surface area contributed by atoms with Gasteiger partial charge >= 0.3 is 7.12 Å². The summed E-state index contributed by atoms with van der Waals surface area (Å²) in [4.78, 5) is 0. The number of hydrogen-bond acceptors (Lipinski definition) is 3. The summed E-state index contributed by atoms with van der Waals surface area (Å²) >= 11 is 0. The molecule has 82 valence electrons. The molecule has 0 spiro atoms. The van der Waals surface area contributed by atoms with Crippen molar-refractivity contribution in [2.75, 3.05) is 13.2 Å². The number of aryl methyl sites for hydroxylation is 1. The van der Waals surface area contributed by atoms with Gasteiger partial charge in [0.1, 0.15) is 0 Å². The number of hydrogen-bond donors (Lipinski definition) is 2. The molecular weight excluding hydrogens is 191 g/mol. The SMILES string of the molecule is CCOCCCc1cccc(B(O)O)c1. The fourth-order valence-electron chi connectivity index (χ4n) is 1.43. The highest BCUT2D eigenvalue weighted by atomic mass is 16.5. The van der Waals surface area contributed by atoms with Crippen LogP contribution in [-0.4, -0.2) is 30.4 Å². The molecule has 1 rings (SSSR count). The van der Waals surface area contributed by atoms with Crippen LogP contribution >= 0.6 is 0 Å². The smallest absolute Gasteiger partial charge is 0.423 e. The second-order valence-corrected chi connectivity index (χ2v) is 3.42. The molecule has 0 fully saturated rings. The van der Waals surface area contributed by atoms with E-state index in [1.54, 1.807) is 6.07 Å². The molecular formula is C11H17BO3. The highest BCUT2D eigenvalue weighted by Crippen LogP contribution is 2.01. The maximum atomic E-state index is 8.99. The Morgan fingerprint density at radius 2 is 2.13 bits per heavy atom. The molecule has 0 saturated carbocycles. The van der Waals surface area contributed by atoms with E-state index in [2.05, 4.69) is 0 Å². The minimum atomic E-state index is -1.38. The summed E-state index contributed by atoms with van der Waals surface area (Å²) in [6, 6.07) is 7.34. The first-order valence-electron chi connectivity index (χ1n) is 5.26. The van der Waals surface area contributed by atoms with Gasteiger partial charge < -0.3 is 14.8 Å². The van der Waals surface area contributed by atoms with Crippen LogP contribution in [0.25, 0.3) is 0 Å². The third-order valence-electron chi connectivity index (χ3n) is 2.21. The Labute approximate surface area is 90.9 Å². The lowest BCUT2D eigenvalue weighted by Gasteiger charge is -2.04. The molecule has 0 bridgehead atoms. The largest absolute Gasteiger partial charge is 0.488 e. The van der Waals surface area contributed by atoms with Crippen molar-refractivity contribution < 1.29 is 14.8 Å². The highest BCUT2D eigenvalue weighted by molar-refractivity contribution is 6.58. The fourth-order valence-corrected chi connectivity index (χ4v) is 1.43. The lowest BCUT2D eigenvalue weighted by Crippen LogP contribution is -2.29. The molecule has 0 aliphatic rings. The zero-order valence-corrected chi connectivity index (χ0v) is 9.02. The molecule has 0 aliphatic carbocycles. The molecule has 0 atom stereocenters. The summed E-state index contributed by atoms with van der Waals surface area (Å²) in [6.07, 6.45) is 1.86. The molecule has 0 aromatic heterocycles. The average molecular weight is 208 g/mol. The van der Waals surface area contributed by atoms with E-state index in [4.69, 9.17) is 14.8 Å². The van der Waals surface area contributed by atoms with E-state index >= 15 is 0 Å². The average Bonchev–Trinajstić information content (AvgIpc) is 2.25. The minimum absolute atomic E-state index is 0.545. The second-order valence-electron chi connectivity index (χ2n) is 3.42. The van der Waals surface area contributed by atoms with Gasteiger partial charge in [-0.3, -0.25) is 0 Å². The van der Waals surface area contributed by atoms with Gasteiger partial charge in [-0.1, -0.05) is 24.3 Å². The Bertz CT molecular complexity index is 289. The van der Waals surface area contributed by atoms with E-state index in [0.717, 1.165) is 31.6 Å². The lowest BCUT2D eigenvalue weighted by molar-refractivity contribution is 0.145. The van der Waals surface area contributed by atoms with Crippen molar-refractivity contribution in [1.82, 2.24) is 0 Å². The molecule has 15 heavy (non-hydrogen) atoms. The summed E-state index contributed by atoms with van der Waals surface area (Å²) in [6.45, 7) is 3.47. The van der Waals surface area contributed by atoms with Crippen molar-refractivity contribution in [2.45, 2.75) is 19.8 Å². The molecule has 0 heterocycles. The Balaban J connectivity index is 2.43. The van der Waals surface area contributed by atoms with Gasteiger partial charge in [-0.15, -0.1) is 0 Å². The van der Waals surface area contributed by atoms with Crippen molar-refractivity contribution >= 4 is 12.6 Å². The normalized spacial score (nSPS) is 10.3. The van der Waals surface area contributed by atoms with E-state index in [1.807, 2.05) is 25.1 Å². The molecule has 0 unspecified atom stereocenters. The molecule has 3 nitrogen and oxygen atoms in total. The van der Waals surface area contributed by atoms with Crippen LogP contribution in [-0.2, 0) is 11.2 Å². The van der Waals surface area contributed by atoms with E-state index in [0.29, 0.717) is 5.46 Å².